The first kappa shape index (κ1) is 41.7. The first-order chi connectivity index (χ1) is 28.4. The van der Waals surface area contributed by atoms with Gasteiger partial charge in [0.15, 0.2) is 5.13 Å². The highest BCUT2D eigenvalue weighted by molar-refractivity contribution is 7.14. The van der Waals surface area contributed by atoms with Crippen LogP contribution in [0, 0.1) is 11.8 Å². The number of benzene rings is 1. The fourth-order valence-electron chi connectivity index (χ4n) is 8.53. The number of thiazole rings is 1. The van der Waals surface area contributed by atoms with E-state index < -0.39 is 59.6 Å². The fourth-order valence-corrected chi connectivity index (χ4v) is 9.22. The Hall–Kier alpha value is -5.45. The molecule has 1 aliphatic heterocycles. The minimum Gasteiger partial charge on any atom is -0.497 e. The van der Waals surface area contributed by atoms with Crippen LogP contribution in [0.25, 0.3) is 22.3 Å². The number of alkyl carbamates (subject to hydrolysis) is 1. The van der Waals surface area contributed by atoms with E-state index in [1.54, 1.807) is 50.6 Å². The van der Waals surface area contributed by atoms with E-state index in [9.17, 15) is 29.1 Å². The van der Waals surface area contributed by atoms with Crippen LogP contribution in [-0.4, -0.2) is 99.5 Å². The molecule has 0 unspecified atom stereocenters. The van der Waals surface area contributed by atoms with E-state index in [4.69, 9.17) is 23.9 Å². The van der Waals surface area contributed by atoms with Gasteiger partial charge in [-0.2, -0.15) is 0 Å². The summed E-state index contributed by atoms with van der Waals surface area (Å²) in [5.74, 6) is -1.96. The summed E-state index contributed by atoms with van der Waals surface area (Å²) in [5, 5.41) is 21.1. The van der Waals surface area contributed by atoms with Crippen LogP contribution in [0.3, 0.4) is 0 Å². The average Bonchev–Trinajstić information content (AvgIpc) is 3.62. The van der Waals surface area contributed by atoms with Crippen molar-refractivity contribution < 1.29 is 48.0 Å². The maximum absolute atomic E-state index is 14.8. The zero-order valence-electron chi connectivity index (χ0n) is 33.6. The van der Waals surface area contributed by atoms with Crippen LogP contribution in [0.4, 0.5) is 14.7 Å². The Labute approximate surface area is 346 Å². The van der Waals surface area contributed by atoms with Crippen molar-refractivity contribution in [3.05, 3.63) is 42.3 Å². The van der Waals surface area contributed by atoms with Crippen molar-refractivity contribution in [1.82, 2.24) is 25.5 Å². The van der Waals surface area contributed by atoms with Crippen molar-refractivity contribution in [2.24, 2.45) is 11.8 Å². The summed E-state index contributed by atoms with van der Waals surface area (Å²) >= 11 is 1.19. The number of carboxylic acids is 1. The number of pyridine rings is 1. The molecule has 4 aliphatic rings. The molecule has 1 aromatic carbocycles. The van der Waals surface area contributed by atoms with Crippen LogP contribution in [0.1, 0.15) is 84.5 Å². The number of nitrogens with one attached hydrogen (secondary N) is 3. The number of methoxy groups -OCH3 is 1. The lowest BCUT2D eigenvalue weighted by atomic mass is 9.83. The number of ether oxygens (including phenoxy) is 4. The molecular formula is C42H52N6O10S. The number of carbonyl (C=O) groups is 5. The predicted molar refractivity (Wildman–Crippen MR) is 218 cm³/mol. The van der Waals surface area contributed by atoms with Crippen LogP contribution in [0.5, 0.6) is 11.5 Å². The zero-order valence-corrected chi connectivity index (χ0v) is 34.4. The van der Waals surface area contributed by atoms with Crippen molar-refractivity contribution in [2.45, 2.75) is 120 Å². The Morgan fingerprint density at radius 2 is 1.73 bits per heavy atom. The molecule has 4 amide bonds. The number of likely N-dealkylation sites (tertiary alicyclic amines) is 1. The molecule has 17 heteroatoms. The molecule has 4 N–H and O–H groups in total. The molecule has 3 saturated carbocycles. The topological polar surface area (TPSA) is 208 Å². The smallest absolute Gasteiger partial charge is 0.413 e. The lowest BCUT2D eigenvalue weighted by molar-refractivity contribution is -0.146. The number of amides is 4. The first-order valence-electron chi connectivity index (χ1n) is 20.4. The molecule has 0 spiro atoms. The Kier molecular flexibility index (Phi) is 12.6. The molecule has 316 valence electrons. The fraction of sp³-hybridized carbons (Fsp3) is 0.548. The van der Waals surface area contributed by atoms with Crippen LogP contribution >= 0.6 is 11.3 Å². The summed E-state index contributed by atoms with van der Waals surface area (Å²) in [7, 11) is 1.55. The molecule has 1 saturated heterocycles. The number of carboxylic acid groups (broad SMARTS) is 1. The molecule has 5 atom stereocenters. The maximum Gasteiger partial charge on any atom is 0.413 e. The van der Waals surface area contributed by atoms with Crippen molar-refractivity contribution in [3.63, 3.8) is 0 Å². The van der Waals surface area contributed by atoms with Gasteiger partial charge in [0.1, 0.15) is 47.0 Å². The quantitative estimate of drug-likeness (QED) is 0.130. The number of aliphatic carboxylic acids is 1. The molecular weight excluding hydrogens is 781 g/mol. The van der Waals surface area contributed by atoms with E-state index in [0.29, 0.717) is 38.9 Å². The van der Waals surface area contributed by atoms with Gasteiger partial charge in [-0.15, -0.1) is 17.9 Å². The average molecular weight is 833 g/mol. The predicted octanol–water partition coefficient (Wildman–Crippen LogP) is 6.44. The minimum absolute atomic E-state index is 0.0253. The number of hydrogen-bond acceptors (Lipinski definition) is 12. The molecule has 3 aromatic rings. The van der Waals surface area contributed by atoms with Crippen molar-refractivity contribution >= 4 is 57.3 Å². The van der Waals surface area contributed by atoms with Gasteiger partial charge in [-0.05, 0) is 76.8 Å². The number of fused-ring (bicyclic) bond motifs is 1. The van der Waals surface area contributed by atoms with Gasteiger partial charge in [-0.25, -0.2) is 24.4 Å². The first-order valence-corrected chi connectivity index (χ1v) is 21.3. The highest BCUT2D eigenvalue weighted by Crippen LogP contribution is 2.45. The largest absolute Gasteiger partial charge is 0.497 e. The number of nitrogens with zero attached hydrogens (tertiary/aromatic N) is 3. The molecule has 3 heterocycles. The highest BCUT2D eigenvalue weighted by atomic mass is 32.1. The monoisotopic (exact) mass is 832 g/mol. The summed E-state index contributed by atoms with van der Waals surface area (Å²) in [4.78, 5) is 77.9. The van der Waals surface area contributed by atoms with Gasteiger partial charge in [-0.3, -0.25) is 14.9 Å². The van der Waals surface area contributed by atoms with E-state index in [0.717, 1.165) is 57.8 Å². The second kappa shape index (κ2) is 17.8. The lowest BCUT2D eigenvalue weighted by Gasteiger charge is -2.34. The summed E-state index contributed by atoms with van der Waals surface area (Å²) in [6, 6.07) is 4.96. The summed E-state index contributed by atoms with van der Waals surface area (Å²) < 4.78 is 23.1. The number of aromatic nitrogens is 2. The van der Waals surface area contributed by atoms with Gasteiger partial charge in [0.05, 0.1) is 31.0 Å². The number of rotatable bonds is 14. The van der Waals surface area contributed by atoms with Gasteiger partial charge >= 0.3 is 18.2 Å². The highest BCUT2D eigenvalue weighted by Gasteiger charge is 2.61. The second-order valence-electron chi connectivity index (χ2n) is 16.1. The minimum atomic E-state index is -1.53. The van der Waals surface area contributed by atoms with Gasteiger partial charge in [0, 0.05) is 35.2 Å². The van der Waals surface area contributed by atoms with Crippen LogP contribution in [-0.2, 0) is 23.9 Å². The summed E-state index contributed by atoms with van der Waals surface area (Å²) in [6.45, 7) is 7.20. The molecule has 2 aromatic heterocycles. The second-order valence-corrected chi connectivity index (χ2v) is 17.0. The van der Waals surface area contributed by atoms with E-state index in [-0.39, 0.29) is 37.5 Å². The third-order valence-electron chi connectivity index (χ3n) is 11.7. The normalized spacial score (nSPS) is 23.7. The van der Waals surface area contributed by atoms with Crippen LogP contribution in [0.2, 0.25) is 0 Å². The number of hydrogen-bond donors (Lipinski definition) is 4. The van der Waals surface area contributed by atoms with Crippen molar-refractivity contribution in [1.29, 1.82) is 0 Å². The van der Waals surface area contributed by atoms with Crippen molar-refractivity contribution in [3.8, 4) is 22.9 Å². The molecule has 7 rings (SSSR count). The summed E-state index contributed by atoms with van der Waals surface area (Å²) in [6.07, 6.45) is 6.90. The van der Waals surface area contributed by atoms with E-state index in [1.807, 2.05) is 0 Å². The Bertz CT molecular complexity index is 2080. The molecule has 0 radical (unpaired) electrons. The van der Waals surface area contributed by atoms with Gasteiger partial charge in [0.2, 0.25) is 11.8 Å². The van der Waals surface area contributed by atoms with Gasteiger partial charge in [-0.1, -0.05) is 25.3 Å². The zero-order chi connectivity index (χ0) is 41.8. The molecule has 0 bridgehead atoms. The summed E-state index contributed by atoms with van der Waals surface area (Å²) in [5.41, 5.74) is -0.122. The van der Waals surface area contributed by atoms with Crippen molar-refractivity contribution in [2.75, 3.05) is 19.0 Å². The number of carbonyl (C=O) groups excluding carboxylic acids is 4. The van der Waals surface area contributed by atoms with E-state index >= 15 is 0 Å². The SMILES string of the molecule is C=C[C@@H]1C[C@]1(NC(=O)[C@@H]1C[C@@H](Oc2cc(-c3csc(NC(=O)OC(C)C)n3)nc3cc(OC)ccc23)CN1C(=O)[C@@H](NC(=O)OC1CCCC1)C1CCCCC1)C(=O)O. The Morgan fingerprint density at radius 3 is 2.41 bits per heavy atom. The molecule has 4 fully saturated rings. The van der Waals surface area contributed by atoms with Crippen LogP contribution < -0.4 is 25.4 Å². The standard InChI is InChI=1S/C42H52N6O10S/c1-5-25-20-42(25,38(51)52)47-36(49)33-18-28(21-48(33)37(50)35(24-11-7-6-8-12-24)45-40(53)58-26-13-9-10-14-26)57-34-19-31(43-30-17-27(55-4)15-16-29(30)34)32-22-59-39(44-32)46-41(54)56-23(2)3/h5,15-17,19,22-26,28,33,35H,1,6-14,18,20-21H2,2-4H3,(H,45,53)(H,47,49)(H,51,52)(H,44,46,54)/t25-,28-,33+,35+,42-/m1/s1. The number of anilines is 1. The molecule has 59 heavy (non-hydrogen) atoms. The van der Waals surface area contributed by atoms with Gasteiger partial charge in [0.25, 0.3) is 0 Å². The Balaban J connectivity index is 1.19. The van der Waals surface area contributed by atoms with Crippen LogP contribution in [0.15, 0.2) is 42.3 Å². The lowest BCUT2D eigenvalue weighted by Crippen LogP contribution is -2.58. The van der Waals surface area contributed by atoms with Gasteiger partial charge < -0.3 is 39.6 Å². The third kappa shape index (κ3) is 9.40. The Morgan fingerprint density at radius 1 is 0.983 bits per heavy atom. The molecule has 3 aliphatic carbocycles. The maximum atomic E-state index is 14.8. The molecule has 16 nitrogen and oxygen atoms in total. The third-order valence-corrected chi connectivity index (χ3v) is 12.5. The van der Waals surface area contributed by atoms with E-state index in [1.165, 1.54) is 22.3 Å². The van der Waals surface area contributed by atoms with E-state index in [2.05, 4.69) is 27.5 Å².